The summed E-state index contributed by atoms with van der Waals surface area (Å²) >= 11 is 0. The second-order valence-electron chi connectivity index (χ2n) is 12.0. The maximum absolute atomic E-state index is 13.7. The normalized spacial score (nSPS) is 18.6. The van der Waals surface area contributed by atoms with E-state index in [1.807, 2.05) is 45.9 Å². The molecule has 1 aliphatic heterocycles. The Morgan fingerprint density at radius 3 is 2.46 bits per heavy atom. The van der Waals surface area contributed by atoms with E-state index in [-0.39, 0.29) is 23.4 Å². The summed E-state index contributed by atoms with van der Waals surface area (Å²) in [7, 11) is 0. The lowest BCUT2D eigenvalue weighted by Crippen LogP contribution is -2.42. The highest BCUT2D eigenvalue weighted by molar-refractivity contribution is 5.89. The Morgan fingerprint density at radius 2 is 1.78 bits per heavy atom. The molecule has 202 valence electrons. The third-order valence-electron chi connectivity index (χ3n) is 7.80. The third-order valence-corrected chi connectivity index (χ3v) is 7.80. The van der Waals surface area contributed by atoms with E-state index in [0.717, 1.165) is 61.4 Å². The van der Waals surface area contributed by atoms with Crippen LogP contribution in [-0.4, -0.2) is 47.0 Å². The van der Waals surface area contributed by atoms with Gasteiger partial charge in [-0.2, -0.15) is 0 Å². The lowest BCUT2D eigenvalue weighted by atomic mass is 9.82. The number of aromatic amines is 1. The number of ketones is 1. The molecule has 2 N–H and O–H groups in total. The molecule has 1 amide bonds. The number of aromatic nitrogens is 1. The van der Waals surface area contributed by atoms with Crippen LogP contribution in [-0.2, 0) is 9.53 Å². The fourth-order valence-electron chi connectivity index (χ4n) is 5.71. The van der Waals surface area contributed by atoms with Crippen LogP contribution in [0.1, 0.15) is 89.3 Å². The Labute approximate surface area is 220 Å². The van der Waals surface area contributed by atoms with E-state index >= 15 is 0 Å². The summed E-state index contributed by atoms with van der Waals surface area (Å²) in [6.45, 7) is 9.72. The van der Waals surface area contributed by atoms with Crippen molar-refractivity contribution in [3.63, 3.8) is 0 Å². The first-order chi connectivity index (χ1) is 17.6. The van der Waals surface area contributed by atoms with Gasteiger partial charge in [-0.1, -0.05) is 30.9 Å². The van der Waals surface area contributed by atoms with Crippen molar-refractivity contribution in [1.82, 2.24) is 15.2 Å². The molecule has 0 radical (unpaired) electrons. The van der Waals surface area contributed by atoms with E-state index in [1.54, 1.807) is 4.90 Å². The highest BCUT2D eigenvalue weighted by atomic mass is 16.6. The molecule has 2 aliphatic rings. The number of H-pyrrole nitrogens is 1. The van der Waals surface area contributed by atoms with Crippen LogP contribution >= 0.6 is 0 Å². The Bertz CT molecular complexity index is 1150. The molecule has 1 atom stereocenters. The van der Waals surface area contributed by atoms with Gasteiger partial charge in [0, 0.05) is 30.1 Å². The van der Waals surface area contributed by atoms with E-state index in [9.17, 15) is 14.4 Å². The van der Waals surface area contributed by atoms with E-state index in [2.05, 4.69) is 16.4 Å². The van der Waals surface area contributed by atoms with E-state index < -0.39 is 11.6 Å². The Morgan fingerprint density at radius 1 is 1.08 bits per heavy atom. The molecule has 1 aromatic heterocycles. The summed E-state index contributed by atoms with van der Waals surface area (Å²) in [4.78, 5) is 44.0. The number of hydrogen-bond donors (Lipinski definition) is 2. The van der Waals surface area contributed by atoms with Crippen LogP contribution in [0.2, 0.25) is 0 Å². The van der Waals surface area contributed by atoms with E-state index in [1.165, 1.54) is 6.42 Å². The fourth-order valence-corrected chi connectivity index (χ4v) is 5.71. The Balaban J connectivity index is 1.42. The number of pyridine rings is 1. The molecule has 7 heteroatoms. The maximum Gasteiger partial charge on any atom is 0.410 e. The Kier molecular flexibility index (Phi) is 8.73. The van der Waals surface area contributed by atoms with Crippen LogP contribution in [0.5, 0.6) is 0 Å². The molecule has 1 saturated carbocycles. The molecule has 0 spiro atoms. The molecule has 1 saturated heterocycles. The number of carbonyl (C=O) groups excluding carboxylic acids is 2. The van der Waals surface area contributed by atoms with Gasteiger partial charge >= 0.3 is 6.09 Å². The SMILES string of the molecule is Cc1ccc2[nH]c(=O)c(C(NCCC3CCN(C(=O)OC(C)(C)C)CC3)C(=O)C3CCCCC3)cc2c1. The molecule has 37 heavy (non-hydrogen) atoms. The standard InChI is InChI=1S/C30H43N3O4/c1-20-10-11-25-23(18-20)19-24(28(35)32-25)26(27(34)22-8-6-5-7-9-22)31-15-12-21-13-16-33(17-14-21)29(36)37-30(2,3)4/h10-11,18-19,21-22,26,31H,5-9,12-17H2,1-4H3,(H,32,35). The summed E-state index contributed by atoms with van der Waals surface area (Å²) in [5, 5.41) is 4.44. The number of hydrogen-bond acceptors (Lipinski definition) is 5. The van der Waals surface area contributed by atoms with Crippen molar-refractivity contribution in [1.29, 1.82) is 0 Å². The summed E-state index contributed by atoms with van der Waals surface area (Å²) in [6.07, 6.45) is 7.64. The second-order valence-corrected chi connectivity index (χ2v) is 12.0. The number of carbonyl (C=O) groups is 2. The average Bonchev–Trinajstić information content (AvgIpc) is 2.86. The number of aryl methyl sites for hydroxylation is 1. The predicted octanol–water partition coefficient (Wildman–Crippen LogP) is 5.65. The number of piperidine rings is 1. The molecule has 7 nitrogen and oxygen atoms in total. The van der Waals surface area contributed by atoms with Gasteiger partial charge in [0.25, 0.3) is 5.56 Å². The first kappa shape index (κ1) is 27.4. The molecule has 2 heterocycles. The van der Waals surface area contributed by atoms with Gasteiger partial charge in [0.15, 0.2) is 5.78 Å². The summed E-state index contributed by atoms with van der Waals surface area (Å²) in [6, 6.07) is 7.26. The van der Waals surface area contributed by atoms with E-state index in [4.69, 9.17) is 4.74 Å². The van der Waals surface area contributed by atoms with Crippen LogP contribution in [0.15, 0.2) is 29.1 Å². The molecular weight excluding hydrogens is 466 g/mol. The van der Waals surface area contributed by atoms with Gasteiger partial charge in [-0.15, -0.1) is 0 Å². The lowest BCUT2D eigenvalue weighted by molar-refractivity contribution is -0.126. The van der Waals surface area contributed by atoms with Gasteiger partial charge in [0.2, 0.25) is 0 Å². The highest BCUT2D eigenvalue weighted by Crippen LogP contribution is 2.30. The number of rotatable bonds is 7. The summed E-state index contributed by atoms with van der Waals surface area (Å²) < 4.78 is 5.51. The second kappa shape index (κ2) is 11.8. The van der Waals surface area contributed by atoms with Gasteiger partial charge in [0.1, 0.15) is 5.60 Å². The molecule has 0 bridgehead atoms. The van der Waals surface area contributed by atoms with Crippen molar-refractivity contribution in [3.8, 4) is 0 Å². The number of Topliss-reactive ketones (excluding diaryl/α,β-unsaturated/α-hetero) is 1. The first-order valence-corrected chi connectivity index (χ1v) is 14.0. The van der Waals surface area contributed by atoms with Gasteiger partial charge in [-0.25, -0.2) is 4.79 Å². The van der Waals surface area contributed by atoms with Gasteiger partial charge in [-0.3, -0.25) is 9.59 Å². The topological polar surface area (TPSA) is 91.5 Å². The molecule has 2 aromatic rings. The zero-order chi connectivity index (χ0) is 26.6. The predicted molar refractivity (Wildman–Crippen MR) is 147 cm³/mol. The third kappa shape index (κ3) is 7.22. The zero-order valence-corrected chi connectivity index (χ0v) is 22.9. The van der Waals surface area contributed by atoms with Crippen LogP contribution in [0.4, 0.5) is 4.79 Å². The van der Waals surface area contributed by atoms with E-state index in [0.29, 0.717) is 31.1 Å². The maximum atomic E-state index is 13.7. The largest absolute Gasteiger partial charge is 0.444 e. The average molecular weight is 510 g/mol. The first-order valence-electron chi connectivity index (χ1n) is 14.0. The van der Waals surface area contributed by atoms with Crippen LogP contribution in [0.25, 0.3) is 10.9 Å². The Hall–Kier alpha value is -2.67. The molecule has 4 rings (SSSR count). The van der Waals surface area contributed by atoms with Crippen LogP contribution in [0.3, 0.4) is 0 Å². The van der Waals surface area contributed by atoms with Crippen molar-refractivity contribution < 1.29 is 14.3 Å². The highest BCUT2D eigenvalue weighted by Gasteiger charge is 2.32. The van der Waals surface area contributed by atoms with Crippen LogP contribution in [0, 0.1) is 18.8 Å². The van der Waals surface area contributed by atoms with Gasteiger partial charge in [0.05, 0.1) is 6.04 Å². The molecule has 2 fully saturated rings. The molecule has 1 aliphatic carbocycles. The van der Waals surface area contributed by atoms with Crippen molar-refractivity contribution in [2.45, 2.75) is 90.7 Å². The van der Waals surface area contributed by atoms with Crippen LogP contribution < -0.4 is 10.9 Å². The number of ether oxygens (including phenoxy) is 1. The smallest absolute Gasteiger partial charge is 0.410 e. The van der Waals surface area contributed by atoms with Crippen molar-refractivity contribution >= 4 is 22.8 Å². The quantitative estimate of drug-likeness (QED) is 0.503. The van der Waals surface area contributed by atoms with Gasteiger partial charge < -0.3 is 19.9 Å². The monoisotopic (exact) mass is 509 g/mol. The molecular formula is C30H43N3O4. The minimum absolute atomic E-state index is 0.0101. The molecule has 1 unspecified atom stereocenters. The minimum atomic E-state index is -0.599. The van der Waals surface area contributed by atoms with Crippen molar-refractivity contribution in [2.24, 2.45) is 11.8 Å². The number of benzene rings is 1. The zero-order valence-electron chi connectivity index (χ0n) is 22.9. The van der Waals surface area contributed by atoms with Gasteiger partial charge in [-0.05, 0) is 95.8 Å². The number of fused-ring (bicyclic) bond motifs is 1. The molecule has 1 aromatic carbocycles. The van der Waals surface area contributed by atoms with Crippen molar-refractivity contribution in [3.05, 3.63) is 45.7 Å². The number of nitrogens with zero attached hydrogens (tertiary/aromatic N) is 1. The minimum Gasteiger partial charge on any atom is -0.444 e. The fraction of sp³-hybridized carbons (Fsp3) is 0.633. The number of likely N-dealkylation sites (tertiary alicyclic amines) is 1. The van der Waals surface area contributed by atoms with Crippen molar-refractivity contribution in [2.75, 3.05) is 19.6 Å². The number of amides is 1. The summed E-state index contributed by atoms with van der Waals surface area (Å²) in [5.41, 5.74) is 1.75. The lowest BCUT2D eigenvalue weighted by Gasteiger charge is -2.33. The summed E-state index contributed by atoms with van der Waals surface area (Å²) in [5.74, 6) is 0.627. The number of nitrogens with one attached hydrogen (secondary N) is 2.